The van der Waals surface area contributed by atoms with Gasteiger partial charge in [0.15, 0.2) is 5.17 Å². The summed E-state index contributed by atoms with van der Waals surface area (Å²) in [5, 5.41) is 17.7. The Kier molecular flexibility index (Phi) is 3.73. The van der Waals surface area contributed by atoms with Gasteiger partial charge in [-0.25, -0.2) is 0 Å². The smallest absolute Gasteiger partial charge is 0.271 e. The Hall–Kier alpha value is -2.53. The lowest BCUT2D eigenvalue weighted by atomic mass is 10.2. The van der Waals surface area contributed by atoms with Crippen LogP contribution in [-0.2, 0) is 4.79 Å². The fourth-order valence-corrected chi connectivity index (χ4v) is 3.12. The predicted octanol–water partition coefficient (Wildman–Crippen LogP) is 3.76. The van der Waals surface area contributed by atoms with Crippen molar-refractivity contribution in [1.29, 1.82) is 5.41 Å². The van der Waals surface area contributed by atoms with Crippen molar-refractivity contribution in [3.8, 4) is 5.75 Å². The SMILES string of the molecule is Cc1cccc(N2C(=N)S/C(=C\c3cccc(O)c3)C2=O)c1. The van der Waals surface area contributed by atoms with E-state index in [4.69, 9.17) is 5.41 Å². The molecule has 1 fully saturated rings. The third kappa shape index (κ3) is 2.76. The molecule has 1 saturated heterocycles. The maximum Gasteiger partial charge on any atom is 0.271 e. The van der Waals surface area contributed by atoms with Crippen LogP contribution in [0.25, 0.3) is 6.08 Å². The van der Waals surface area contributed by atoms with Crippen LogP contribution >= 0.6 is 11.8 Å². The number of anilines is 1. The number of carbonyl (C=O) groups is 1. The molecule has 22 heavy (non-hydrogen) atoms. The van der Waals surface area contributed by atoms with Crippen LogP contribution in [0.2, 0.25) is 0 Å². The number of carbonyl (C=O) groups excluding carboxylic acids is 1. The number of aromatic hydroxyl groups is 1. The molecule has 1 aliphatic rings. The van der Waals surface area contributed by atoms with Crippen molar-refractivity contribution in [3.05, 3.63) is 64.6 Å². The molecule has 1 heterocycles. The van der Waals surface area contributed by atoms with Gasteiger partial charge in [-0.05, 0) is 60.2 Å². The van der Waals surface area contributed by atoms with E-state index in [9.17, 15) is 9.90 Å². The molecule has 0 radical (unpaired) electrons. The highest BCUT2D eigenvalue weighted by Crippen LogP contribution is 2.35. The van der Waals surface area contributed by atoms with E-state index in [0.29, 0.717) is 10.6 Å². The van der Waals surface area contributed by atoms with Crippen molar-refractivity contribution in [1.82, 2.24) is 0 Å². The molecule has 3 rings (SSSR count). The van der Waals surface area contributed by atoms with Gasteiger partial charge in [0, 0.05) is 0 Å². The minimum atomic E-state index is -0.219. The summed E-state index contributed by atoms with van der Waals surface area (Å²) >= 11 is 1.12. The first-order valence-electron chi connectivity index (χ1n) is 6.73. The predicted molar refractivity (Wildman–Crippen MR) is 90.1 cm³/mol. The Morgan fingerprint density at radius 3 is 2.68 bits per heavy atom. The molecule has 0 atom stereocenters. The van der Waals surface area contributed by atoms with Gasteiger partial charge < -0.3 is 5.11 Å². The van der Waals surface area contributed by atoms with Gasteiger partial charge in [0.1, 0.15) is 5.75 Å². The summed E-state index contributed by atoms with van der Waals surface area (Å²) in [7, 11) is 0. The highest BCUT2D eigenvalue weighted by molar-refractivity contribution is 8.19. The first-order chi connectivity index (χ1) is 10.5. The highest BCUT2D eigenvalue weighted by atomic mass is 32.2. The summed E-state index contributed by atoms with van der Waals surface area (Å²) in [4.78, 5) is 14.4. The first kappa shape index (κ1) is 14.4. The normalized spacial score (nSPS) is 16.6. The van der Waals surface area contributed by atoms with Gasteiger partial charge in [-0.2, -0.15) is 0 Å². The molecule has 0 aromatic heterocycles. The van der Waals surface area contributed by atoms with Crippen molar-refractivity contribution < 1.29 is 9.90 Å². The van der Waals surface area contributed by atoms with E-state index in [0.717, 1.165) is 22.9 Å². The van der Waals surface area contributed by atoms with Crippen molar-refractivity contribution in [3.63, 3.8) is 0 Å². The molecule has 4 nitrogen and oxygen atoms in total. The quantitative estimate of drug-likeness (QED) is 0.830. The number of amides is 1. The lowest BCUT2D eigenvalue weighted by Gasteiger charge is -2.14. The van der Waals surface area contributed by atoms with Crippen LogP contribution in [0.15, 0.2) is 53.4 Å². The number of amidine groups is 1. The number of hydrogen-bond donors (Lipinski definition) is 2. The van der Waals surface area contributed by atoms with Crippen LogP contribution in [-0.4, -0.2) is 16.2 Å². The van der Waals surface area contributed by atoms with Crippen molar-refractivity contribution >= 4 is 34.6 Å². The minimum absolute atomic E-state index is 0.149. The van der Waals surface area contributed by atoms with Crippen LogP contribution in [0.3, 0.4) is 0 Å². The van der Waals surface area contributed by atoms with E-state index >= 15 is 0 Å². The fourth-order valence-electron chi connectivity index (χ4n) is 2.25. The molecule has 2 aromatic carbocycles. The van der Waals surface area contributed by atoms with Gasteiger partial charge in [0.25, 0.3) is 5.91 Å². The van der Waals surface area contributed by atoms with Gasteiger partial charge in [-0.3, -0.25) is 15.1 Å². The summed E-state index contributed by atoms with van der Waals surface area (Å²) in [6.07, 6.45) is 1.69. The average molecular weight is 310 g/mol. The first-order valence-corrected chi connectivity index (χ1v) is 7.54. The topological polar surface area (TPSA) is 64.4 Å². The van der Waals surface area contributed by atoms with Crippen LogP contribution in [0.1, 0.15) is 11.1 Å². The molecule has 1 aliphatic heterocycles. The molecule has 0 unspecified atom stereocenters. The third-order valence-electron chi connectivity index (χ3n) is 3.25. The Bertz CT molecular complexity index is 799. The zero-order valence-corrected chi connectivity index (χ0v) is 12.7. The summed E-state index contributed by atoms with van der Waals surface area (Å²) in [6, 6.07) is 14.2. The second-order valence-corrected chi connectivity index (χ2v) is 6.02. The number of thioether (sulfide) groups is 1. The fraction of sp³-hybridized carbons (Fsp3) is 0.0588. The Labute approximate surface area is 132 Å². The van der Waals surface area contributed by atoms with Gasteiger partial charge in [0.2, 0.25) is 0 Å². The molecule has 5 heteroatoms. The van der Waals surface area contributed by atoms with Gasteiger partial charge >= 0.3 is 0 Å². The van der Waals surface area contributed by atoms with Crippen molar-refractivity contribution in [2.75, 3.05) is 4.90 Å². The maximum absolute atomic E-state index is 12.6. The molecule has 2 N–H and O–H groups in total. The molecule has 110 valence electrons. The van der Waals surface area contributed by atoms with Gasteiger partial charge in [-0.15, -0.1) is 0 Å². The van der Waals surface area contributed by atoms with E-state index in [2.05, 4.69) is 0 Å². The van der Waals surface area contributed by atoms with Crippen molar-refractivity contribution in [2.45, 2.75) is 6.92 Å². The van der Waals surface area contributed by atoms with Crippen LogP contribution < -0.4 is 4.90 Å². The molecule has 0 saturated carbocycles. The largest absolute Gasteiger partial charge is 0.508 e. The van der Waals surface area contributed by atoms with E-state index < -0.39 is 0 Å². The lowest BCUT2D eigenvalue weighted by molar-refractivity contribution is -0.113. The molecular weight excluding hydrogens is 296 g/mol. The monoisotopic (exact) mass is 310 g/mol. The molecule has 0 bridgehead atoms. The Morgan fingerprint density at radius 2 is 1.95 bits per heavy atom. The summed E-state index contributed by atoms with van der Waals surface area (Å²) < 4.78 is 0. The lowest BCUT2D eigenvalue weighted by Crippen LogP contribution is -2.28. The number of phenols is 1. The summed E-state index contributed by atoms with van der Waals surface area (Å²) in [5.74, 6) is -0.0700. The number of rotatable bonds is 2. The van der Waals surface area contributed by atoms with E-state index in [1.807, 2.05) is 31.2 Å². The van der Waals surface area contributed by atoms with Crippen LogP contribution in [0.5, 0.6) is 5.75 Å². The zero-order chi connectivity index (χ0) is 15.7. The van der Waals surface area contributed by atoms with Crippen molar-refractivity contribution in [2.24, 2.45) is 0 Å². The van der Waals surface area contributed by atoms with E-state index in [-0.39, 0.29) is 16.8 Å². The number of phenolic OH excluding ortho intramolecular Hbond substituents is 1. The highest BCUT2D eigenvalue weighted by Gasteiger charge is 2.33. The Morgan fingerprint density at radius 1 is 1.18 bits per heavy atom. The number of nitrogens with zero attached hydrogens (tertiary/aromatic N) is 1. The molecule has 0 spiro atoms. The number of benzene rings is 2. The number of hydrogen-bond acceptors (Lipinski definition) is 4. The zero-order valence-electron chi connectivity index (χ0n) is 11.9. The standard InChI is InChI=1S/C17H14N2O2S/c1-11-4-2-6-13(8-11)19-16(21)15(22-17(19)18)10-12-5-3-7-14(20)9-12/h2-10,18,20H,1H3/b15-10-,18-17?. The van der Waals surface area contributed by atoms with Crippen LogP contribution in [0.4, 0.5) is 5.69 Å². The second-order valence-electron chi connectivity index (χ2n) is 4.99. The number of aryl methyl sites for hydroxylation is 1. The maximum atomic E-state index is 12.6. The average Bonchev–Trinajstić information content (AvgIpc) is 2.73. The summed E-state index contributed by atoms with van der Waals surface area (Å²) in [5.41, 5.74) is 2.46. The minimum Gasteiger partial charge on any atom is -0.508 e. The molecule has 2 aromatic rings. The van der Waals surface area contributed by atoms with E-state index in [1.54, 1.807) is 30.3 Å². The Balaban J connectivity index is 1.95. The number of nitrogens with one attached hydrogen (secondary N) is 1. The molecule has 1 amide bonds. The molecule has 0 aliphatic carbocycles. The van der Waals surface area contributed by atoms with Gasteiger partial charge in [-0.1, -0.05) is 24.3 Å². The van der Waals surface area contributed by atoms with Gasteiger partial charge in [0.05, 0.1) is 10.6 Å². The second kappa shape index (κ2) is 5.69. The van der Waals surface area contributed by atoms with E-state index in [1.165, 1.54) is 4.90 Å². The summed E-state index contributed by atoms with van der Waals surface area (Å²) in [6.45, 7) is 1.95. The third-order valence-corrected chi connectivity index (χ3v) is 4.14. The molecular formula is C17H14N2O2S. The van der Waals surface area contributed by atoms with Crippen LogP contribution in [0, 0.1) is 12.3 Å².